The van der Waals surface area contributed by atoms with Crippen molar-refractivity contribution in [2.75, 3.05) is 4.90 Å². The van der Waals surface area contributed by atoms with Gasteiger partial charge in [-0.2, -0.15) is 0 Å². The molecule has 1 heterocycles. The summed E-state index contributed by atoms with van der Waals surface area (Å²) in [5.74, 6) is 0. The molecule has 0 aliphatic carbocycles. The third-order valence-electron chi connectivity index (χ3n) is 9.65. The van der Waals surface area contributed by atoms with Gasteiger partial charge in [0.2, 0.25) is 0 Å². The first-order chi connectivity index (χ1) is 23.2. The largest absolute Gasteiger partial charge is 0.308 e. The van der Waals surface area contributed by atoms with Crippen LogP contribution in [0.3, 0.4) is 0 Å². The van der Waals surface area contributed by atoms with E-state index in [0.29, 0.717) is 0 Å². The second kappa shape index (κ2) is 10.3. The quantitative estimate of drug-likeness (QED) is 0.137. The zero-order chi connectivity index (χ0) is 31.1. The zero-order valence-electron chi connectivity index (χ0n) is 25.2. The van der Waals surface area contributed by atoms with Crippen LogP contribution in [0.15, 0.2) is 158 Å². The van der Waals surface area contributed by atoms with E-state index in [0.717, 1.165) is 22.1 Å². The zero-order valence-corrected chi connectivity index (χ0v) is 26.8. The van der Waals surface area contributed by atoms with Crippen LogP contribution in [0, 0.1) is 0 Å². The molecule has 3 heteroatoms. The normalized spacial score (nSPS) is 11.9. The average Bonchev–Trinajstić information content (AvgIpc) is 3.49. The lowest BCUT2D eigenvalue weighted by Gasteiger charge is -2.29. The number of nitrogens with zero attached hydrogens (tertiary/aromatic N) is 1. The molecule has 9 aromatic carbocycles. The van der Waals surface area contributed by atoms with Gasteiger partial charge in [-0.3, -0.25) is 0 Å². The summed E-state index contributed by atoms with van der Waals surface area (Å²) in [7, 11) is 0. The maximum absolute atomic E-state index is 7.37. The molecule has 0 saturated carbocycles. The van der Waals surface area contributed by atoms with Crippen molar-refractivity contribution in [1.82, 2.24) is 0 Å². The van der Waals surface area contributed by atoms with Gasteiger partial charge in [-0.15, -0.1) is 11.3 Å². The molecular weight excluding hydrogens is 610 g/mol. The summed E-state index contributed by atoms with van der Waals surface area (Å²) in [5.41, 5.74) is 5.52. The lowest BCUT2D eigenvalue weighted by atomic mass is 9.88. The first-order valence-electron chi connectivity index (χ1n) is 15.9. The van der Waals surface area contributed by atoms with Crippen LogP contribution in [0.1, 0.15) is 0 Å². The maximum Gasteiger partial charge on any atom is 0.0662 e. The molecule has 0 unspecified atom stereocenters. The fraction of sp³-hybridized carbons (Fsp3) is 0. The van der Waals surface area contributed by atoms with Gasteiger partial charge in [0.1, 0.15) is 0 Å². The van der Waals surface area contributed by atoms with Gasteiger partial charge in [-0.25, -0.2) is 0 Å². The maximum atomic E-state index is 7.37. The van der Waals surface area contributed by atoms with Crippen molar-refractivity contribution in [2.24, 2.45) is 0 Å². The van der Waals surface area contributed by atoms with Crippen LogP contribution in [-0.4, -0.2) is 0 Å². The molecule has 0 radical (unpaired) electrons. The molecule has 0 bridgehead atoms. The van der Waals surface area contributed by atoms with E-state index in [-0.39, 0.29) is 0 Å². The van der Waals surface area contributed by atoms with Crippen LogP contribution >= 0.6 is 22.9 Å². The molecule has 220 valence electrons. The van der Waals surface area contributed by atoms with Crippen molar-refractivity contribution < 1.29 is 0 Å². The van der Waals surface area contributed by atoms with Crippen LogP contribution in [0.5, 0.6) is 0 Å². The van der Waals surface area contributed by atoms with Crippen LogP contribution < -0.4 is 4.90 Å². The Labute approximate surface area is 280 Å². The molecule has 1 aromatic heterocycles. The predicted octanol–water partition coefficient (Wildman–Crippen LogP) is 13.9. The predicted molar refractivity (Wildman–Crippen MR) is 206 cm³/mol. The average molecular weight is 636 g/mol. The number of rotatable bonds is 4. The molecule has 0 aliphatic heterocycles. The molecule has 0 atom stereocenters. The van der Waals surface area contributed by atoms with Crippen LogP contribution in [0.2, 0.25) is 5.02 Å². The molecule has 10 aromatic rings. The molecule has 0 amide bonds. The smallest absolute Gasteiger partial charge is 0.0662 e. The molecule has 0 aliphatic rings. The van der Waals surface area contributed by atoms with Crippen molar-refractivity contribution in [2.45, 2.75) is 0 Å². The van der Waals surface area contributed by atoms with E-state index < -0.39 is 0 Å². The molecule has 0 spiro atoms. The number of hydrogen-bond acceptors (Lipinski definition) is 2. The number of halogens is 1. The summed E-state index contributed by atoms with van der Waals surface area (Å²) in [6.07, 6.45) is 0. The summed E-state index contributed by atoms with van der Waals surface area (Å²) in [5, 5.41) is 13.3. The number of fused-ring (bicyclic) bond motifs is 5. The number of hydrogen-bond donors (Lipinski definition) is 0. The first kappa shape index (κ1) is 26.8. The Hall–Kier alpha value is -5.41. The Morgan fingerprint density at radius 3 is 1.83 bits per heavy atom. The Balaban J connectivity index is 1.31. The Morgan fingerprint density at radius 2 is 1.04 bits per heavy atom. The highest BCUT2D eigenvalue weighted by Gasteiger charge is 2.23. The van der Waals surface area contributed by atoms with Crippen molar-refractivity contribution in [3.05, 3.63) is 163 Å². The van der Waals surface area contributed by atoms with Crippen molar-refractivity contribution in [1.29, 1.82) is 0 Å². The SMILES string of the molecule is Clc1cc2c(cc1N(c1ccc(-c3ccccc3)cc1)c1ccc3cccc4c5cccc6cccc(c1c34)c65)sc1ccccc12. The highest BCUT2D eigenvalue weighted by atomic mass is 35.5. The molecule has 0 fully saturated rings. The summed E-state index contributed by atoms with van der Waals surface area (Å²) >= 11 is 9.19. The summed E-state index contributed by atoms with van der Waals surface area (Å²) in [6, 6.07) is 57.1. The standard InChI is InChI=1S/C44H26ClNS/c45-37-25-36-32-14-4-5-18-40(32)47-41(36)26-39(37)46(31-22-19-28(20-23-31)27-9-2-1-3-10-27)38-24-21-30-13-7-16-34-33-15-6-11-29-12-8-17-35(42(29)33)44(38)43(30)34/h1-26H. The molecule has 0 saturated heterocycles. The van der Waals surface area contributed by atoms with Gasteiger partial charge in [0, 0.05) is 31.2 Å². The van der Waals surface area contributed by atoms with Gasteiger partial charge in [0.15, 0.2) is 0 Å². The van der Waals surface area contributed by atoms with Gasteiger partial charge in [-0.05, 0) is 85.2 Å². The highest BCUT2D eigenvalue weighted by molar-refractivity contribution is 7.25. The van der Waals surface area contributed by atoms with Gasteiger partial charge in [0.05, 0.1) is 16.4 Å². The first-order valence-corrected chi connectivity index (χ1v) is 17.1. The number of benzene rings is 9. The summed E-state index contributed by atoms with van der Waals surface area (Å²) in [4.78, 5) is 2.37. The van der Waals surface area contributed by atoms with E-state index in [9.17, 15) is 0 Å². The monoisotopic (exact) mass is 635 g/mol. The van der Waals surface area contributed by atoms with Gasteiger partial charge < -0.3 is 4.90 Å². The van der Waals surface area contributed by atoms with E-state index in [2.05, 4.69) is 163 Å². The highest BCUT2D eigenvalue weighted by Crippen LogP contribution is 2.50. The minimum atomic E-state index is 0.725. The second-order valence-corrected chi connectivity index (χ2v) is 13.7. The van der Waals surface area contributed by atoms with E-state index in [1.165, 1.54) is 74.4 Å². The minimum Gasteiger partial charge on any atom is -0.308 e. The van der Waals surface area contributed by atoms with Crippen LogP contribution in [0.25, 0.3) is 74.4 Å². The van der Waals surface area contributed by atoms with Gasteiger partial charge >= 0.3 is 0 Å². The number of thiophene rings is 1. The van der Waals surface area contributed by atoms with E-state index in [4.69, 9.17) is 11.6 Å². The van der Waals surface area contributed by atoms with Crippen molar-refractivity contribution in [3.63, 3.8) is 0 Å². The number of anilines is 3. The molecule has 1 nitrogen and oxygen atoms in total. The fourth-order valence-electron chi connectivity index (χ4n) is 7.57. The van der Waals surface area contributed by atoms with Crippen molar-refractivity contribution in [3.8, 4) is 11.1 Å². The minimum absolute atomic E-state index is 0.725. The van der Waals surface area contributed by atoms with Gasteiger partial charge in [-0.1, -0.05) is 133 Å². The second-order valence-electron chi connectivity index (χ2n) is 12.2. The molecule has 47 heavy (non-hydrogen) atoms. The third-order valence-corrected chi connectivity index (χ3v) is 11.1. The van der Waals surface area contributed by atoms with Crippen LogP contribution in [0.4, 0.5) is 17.1 Å². The Kier molecular flexibility index (Phi) is 5.87. The summed E-state index contributed by atoms with van der Waals surface area (Å²) < 4.78 is 2.49. The van der Waals surface area contributed by atoms with E-state index >= 15 is 0 Å². The lowest BCUT2D eigenvalue weighted by molar-refractivity contribution is 1.31. The Morgan fingerprint density at radius 1 is 0.404 bits per heavy atom. The van der Waals surface area contributed by atoms with E-state index in [1.54, 1.807) is 0 Å². The van der Waals surface area contributed by atoms with E-state index in [1.807, 2.05) is 11.3 Å². The molecule has 0 N–H and O–H groups in total. The molecular formula is C44H26ClNS. The Bertz CT molecular complexity index is 2790. The lowest BCUT2D eigenvalue weighted by Crippen LogP contribution is -2.11. The fourth-order valence-corrected chi connectivity index (χ4v) is 8.94. The topological polar surface area (TPSA) is 3.24 Å². The van der Waals surface area contributed by atoms with Crippen LogP contribution in [-0.2, 0) is 0 Å². The molecule has 10 rings (SSSR count). The van der Waals surface area contributed by atoms with Gasteiger partial charge in [0.25, 0.3) is 0 Å². The summed E-state index contributed by atoms with van der Waals surface area (Å²) in [6.45, 7) is 0. The third kappa shape index (κ3) is 4.02. The van der Waals surface area contributed by atoms with Crippen molar-refractivity contribution >= 4 is 103 Å².